The average Bonchev–Trinajstić information content (AvgIpc) is 3.40. The van der Waals surface area contributed by atoms with Gasteiger partial charge in [0.1, 0.15) is 5.52 Å². The first kappa shape index (κ1) is 22.4. The molecule has 9 heteroatoms. The van der Waals surface area contributed by atoms with Crippen molar-refractivity contribution in [1.82, 2.24) is 25.1 Å². The number of pyridine rings is 2. The summed E-state index contributed by atoms with van der Waals surface area (Å²) in [7, 11) is 1.77. The van der Waals surface area contributed by atoms with Crippen LogP contribution in [-0.4, -0.2) is 56.9 Å². The topological polar surface area (TPSA) is 58.9 Å². The maximum Gasteiger partial charge on any atom is 0.161 e. The third-order valence-corrected chi connectivity index (χ3v) is 7.56. The Labute approximate surface area is 201 Å². The number of aromatic nitrogens is 4. The van der Waals surface area contributed by atoms with Gasteiger partial charge in [-0.3, -0.25) is 4.68 Å². The second-order valence-corrected chi connectivity index (χ2v) is 9.98. The first-order valence-electron chi connectivity index (χ1n) is 11.1. The summed E-state index contributed by atoms with van der Waals surface area (Å²) in [6, 6.07) is 7.62. The number of fused-ring (bicyclic) bond motifs is 2. The fourth-order valence-electron chi connectivity index (χ4n) is 4.49. The van der Waals surface area contributed by atoms with Crippen LogP contribution >= 0.6 is 23.4 Å². The van der Waals surface area contributed by atoms with E-state index in [0.29, 0.717) is 38.7 Å². The number of anilines is 1. The van der Waals surface area contributed by atoms with E-state index in [4.69, 9.17) is 16.6 Å². The Morgan fingerprint density at radius 2 is 2.09 bits per heavy atom. The van der Waals surface area contributed by atoms with Crippen molar-refractivity contribution in [3.63, 3.8) is 0 Å². The molecule has 0 saturated carbocycles. The molecule has 0 spiro atoms. The molecule has 0 amide bonds. The fraction of sp³-hybridized carbons (Fsp3) is 0.375. The van der Waals surface area contributed by atoms with Gasteiger partial charge in [0, 0.05) is 54.0 Å². The van der Waals surface area contributed by atoms with E-state index in [-0.39, 0.29) is 5.82 Å². The highest BCUT2D eigenvalue weighted by molar-refractivity contribution is 7.99. The maximum atomic E-state index is 14.6. The van der Waals surface area contributed by atoms with Crippen LogP contribution in [0.5, 0.6) is 0 Å². The number of hydrogen-bond acceptors (Lipinski definition) is 6. The monoisotopic (exact) mass is 484 g/mol. The highest BCUT2D eigenvalue weighted by atomic mass is 35.5. The van der Waals surface area contributed by atoms with Gasteiger partial charge in [-0.05, 0) is 43.5 Å². The molecule has 33 heavy (non-hydrogen) atoms. The standard InChI is InChI=1S/C24H26ClFN6S/c1-4-5-27-21-12-32(13-22(21)33-3)16-8-17-18(25)9-20(29-24(17)28-10-16)14-6-15-11-31(2)30-23(15)19(26)7-14/h6-11,21-22,27H,4-5,12-13H2,1-3H3/t21-,22?/m1/s1. The molecule has 0 bridgehead atoms. The molecule has 4 aromatic rings. The number of hydrogen-bond donors (Lipinski definition) is 1. The normalized spacial score (nSPS) is 18.6. The van der Waals surface area contributed by atoms with Crippen LogP contribution in [0.2, 0.25) is 5.02 Å². The Balaban J connectivity index is 1.47. The molecule has 172 valence electrons. The number of nitrogens with one attached hydrogen (secondary N) is 1. The second-order valence-electron chi connectivity index (χ2n) is 8.49. The summed E-state index contributed by atoms with van der Waals surface area (Å²) in [4.78, 5) is 11.7. The van der Waals surface area contributed by atoms with Crippen molar-refractivity contribution in [3.8, 4) is 11.3 Å². The van der Waals surface area contributed by atoms with Gasteiger partial charge in [-0.15, -0.1) is 0 Å². The van der Waals surface area contributed by atoms with Gasteiger partial charge in [-0.1, -0.05) is 18.5 Å². The summed E-state index contributed by atoms with van der Waals surface area (Å²) in [6.07, 6.45) is 6.94. The van der Waals surface area contributed by atoms with Crippen molar-refractivity contribution < 1.29 is 4.39 Å². The summed E-state index contributed by atoms with van der Waals surface area (Å²) in [6.45, 7) is 5.11. The lowest BCUT2D eigenvalue weighted by molar-refractivity contribution is 0.557. The van der Waals surface area contributed by atoms with Crippen LogP contribution in [0.4, 0.5) is 10.1 Å². The van der Waals surface area contributed by atoms with E-state index in [1.54, 1.807) is 24.0 Å². The van der Waals surface area contributed by atoms with Crippen LogP contribution in [0, 0.1) is 5.82 Å². The second kappa shape index (κ2) is 9.08. The van der Waals surface area contributed by atoms with Gasteiger partial charge in [0.15, 0.2) is 11.5 Å². The summed E-state index contributed by atoms with van der Waals surface area (Å²) in [5.41, 5.74) is 3.17. The minimum atomic E-state index is -0.381. The van der Waals surface area contributed by atoms with Crippen LogP contribution in [0.1, 0.15) is 13.3 Å². The van der Waals surface area contributed by atoms with Crippen molar-refractivity contribution in [2.75, 3.05) is 30.8 Å². The van der Waals surface area contributed by atoms with E-state index < -0.39 is 0 Å². The van der Waals surface area contributed by atoms with Gasteiger partial charge >= 0.3 is 0 Å². The molecule has 6 nitrogen and oxygen atoms in total. The quantitative estimate of drug-likeness (QED) is 0.420. The highest BCUT2D eigenvalue weighted by Gasteiger charge is 2.32. The minimum absolute atomic E-state index is 0.344. The smallest absolute Gasteiger partial charge is 0.161 e. The minimum Gasteiger partial charge on any atom is -0.367 e. The Hall–Kier alpha value is -2.42. The summed E-state index contributed by atoms with van der Waals surface area (Å²) in [5.74, 6) is -0.381. The molecule has 1 aromatic carbocycles. The van der Waals surface area contributed by atoms with Crippen molar-refractivity contribution in [1.29, 1.82) is 0 Å². The summed E-state index contributed by atoms with van der Waals surface area (Å²) < 4.78 is 16.2. The molecule has 1 saturated heterocycles. The Morgan fingerprint density at radius 3 is 2.88 bits per heavy atom. The van der Waals surface area contributed by atoms with Crippen LogP contribution in [-0.2, 0) is 7.05 Å². The molecule has 1 fully saturated rings. The highest BCUT2D eigenvalue weighted by Crippen LogP contribution is 2.33. The zero-order valence-corrected chi connectivity index (χ0v) is 20.4. The molecule has 1 N–H and O–H groups in total. The van der Waals surface area contributed by atoms with E-state index >= 15 is 0 Å². The molecule has 1 unspecified atom stereocenters. The van der Waals surface area contributed by atoms with Gasteiger partial charge in [0.25, 0.3) is 0 Å². The van der Waals surface area contributed by atoms with E-state index in [1.165, 1.54) is 6.07 Å². The van der Waals surface area contributed by atoms with Crippen molar-refractivity contribution >= 4 is 51.0 Å². The van der Waals surface area contributed by atoms with Crippen molar-refractivity contribution in [2.45, 2.75) is 24.6 Å². The molecule has 1 aliphatic heterocycles. The molecule has 1 aliphatic rings. The number of rotatable bonds is 6. The van der Waals surface area contributed by atoms with E-state index in [2.05, 4.69) is 39.5 Å². The lowest BCUT2D eigenvalue weighted by Crippen LogP contribution is -2.38. The SMILES string of the molecule is CCCN[C@@H]1CN(c2cnc3nc(-c4cc(F)c5nn(C)cc5c4)cc(Cl)c3c2)CC1SC. The number of benzene rings is 1. The van der Waals surface area contributed by atoms with Crippen LogP contribution < -0.4 is 10.2 Å². The molecular weight excluding hydrogens is 459 g/mol. The molecule has 5 rings (SSSR count). The largest absolute Gasteiger partial charge is 0.367 e. The molecule has 0 aliphatic carbocycles. The fourth-order valence-corrected chi connectivity index (χ4v) is 5.57. The summed E-state index contributed by atoms with van der Waals surface area (Å²) in [5, 5.41) is 10.4. The van der Waals surface area contributed by atoms with E-state index in [1.807, 2.05) is 24.0 Å². The Morgan fingerprint density at radius 1 is 1.24 bits per heavy atom. The molecule has 0 radical (unpaired) electrons. The van der Waals surface area contributed by atoms with Gasteiger partial charge < -0.3 is 10.2 Å². The maximum absolute atomic E-state index is 14.6. The Bertz CT molecular complexity index is 1330. The summed E-state index contributed by atoms with van der Waals surface area (Å²) >= 11 is 8.58. The van der Waals surface area contributed by atoms with Crippen LogP contribution in [0.25, 0.3) is 33.2 Å². The predicted molar refractivity (Wildman–Crippen MR) is 136 cm³/mol. The average molecular weight is 485 g/mol. The Kier molecular flexibility index (Phi) is 6.16. The first-order valence-corrected chi connectivity index (χ1v) is 12.7. The molecule has 3 aromatic heterocycles. The number of halogens is 2. The lowest BCUT2D eigenvalue weighted by atomic mass is 10.1. The van der Waals surface area contributed by atoms with E-state index in [0.717, 1.165) is 42.5 Å². The molecule has 2 atom stereocenters. The third-order valence-electron chi connectivity index (χ3n) is 6.16. The zero-order chi connectivity index (χ0) is 23.1. The van der Waals surface area contributed by atoms with Crippen LogP contribution in [0.15, 0.2) is 36.7 Å². The van der Waals surface area contributed by atoms with Gasteiger partial charge in [-0.2, -0.15) is 16.9 Å². The van der Waals surface area contributed by atoms with Crippen molar-refractivity contribution in [3.05, 3.63) is 47.5 Å². The zero-order valence-electron chi connectivity index (χ0n) is 18.8. The van der Waals surface area contributed by atoms with E-state index in [9.17, 15) is 4.39 Å². The molecular formula is C24H26ClFN6S. The van der Waals surface area contributed by atoms with Gasteiger partial charge in [-0.25, -0.2) is 14.4 Å². The van der Waals surface area contributed by atoms with Gasteiger partial charge in [0.05, 0.1) is 22.6 Å². The predicted octanol–water partition coefficient (Wildman–Crippen LogP) is 4.90. The van der Waals surface area contributed by atoms with Crippen molar-refractivity contribution in [2.24, 2.45) is 7.05 Å². The number of nitrogens with zero attached hydrogens (tertiary/aromatic N) is 5. The third kappa shape index (κ3) is 4.27. The van der Waals surface area contributed by atoms with Crippen LogP contribution in [0.3, 0.4) is 0 Å². The number of aryl methyl sites for hydroxylation is 1. The first-order chi connectivity index (χ1) is 16.0. The number of thioether (sulfide) groups is 1. The van der Waals surface area contributed by atoms with Gasteiger partial charge in [0.2, 0.25) is 0 Å². The molecule has 4 heterocycles. The lowest BCUT2D eigenvalue weighted by Gasteiger charge is -2.19.